The molecule has 0 bridgehead atoms. The average Bonchev–Trinajstić information content (AvgIpc) is 2.72. The highest BCUT2D eigenvalue weighted by Gasteiger charge is 2.34. The van der Waals surface area contributed by atoms with Gasteiger partial charge in [-0.05, 0) is 55.3 Å². The standard InChI is InChI=1S/C21H24FN3O5S/c1-2-30-21(27)17-7-9-19(10-8-17)23-20(26)15-25-12-4-11-24(31(25,28)29)14-16-5-3-6-18(22)13-16/h3,5-10,13H,2,4,11-12,14-15H2,1H3,(H,23,26). The molecular weight excluding hydrogens is 425 g/mol. The fourth-order valence-electron chi connectivity index (χ4n) is 3.24. The Balaban J connectivity index is 1.62. The summed E-state index contributed by atoms with van der Waals surface area (Å²) in [6, 6.07) is 11.9. The van der Waals surface area contributed by atoms with Crippen LogP contribution in [0.5, 0.6) is 0 Å². The summed E-state index contributed by atoms with van der Waals surface area (Å²) >= 11 is 0. The molecule has 3 rings (SSSR count). The molecule has 31 heavy (non-hydrogen) atoms. The first-order chi connectivity index (χ1) is 14.8. The fraction of sp³-hybridized carbons (Fsp3) is 0.333. The summed E-state index contributed by atoms with van der Waals surface area (Å²) in [5, 5.41) is 2.63. The number of amides is 1. The molecule has 0 saturated carbocycles. The van der Waals surface area contributed by atoms with Crippen molar-refractivity contribution in [3.63, 3.8) is 0 Å². The van der Waals surface area contributed by atoms with Crippen LogP contribution in [0.4, 0.5) is 10.1 Å². The van der Waals surface area contributed by atoms with E-state index in [-0.39, 0.29) is 26.2 Å². The van der Waals surface area contributed by atoms with Gasteiger partial charge in [-0.25, -0.2) is 9.18 Å². The maximum absolute atomic E-state index is 13.4. The lowest BCUT2D eigenvalue weighted by Crippen LogP contribution is -2.51. The number of nitrogens with one attached hydrogen (secondary N) is 1. The van der Waals surface area contributed by atoms with Crippen molar-refractivity contribution >= 4 is 27.8 Å². The van der Waals surface area contributed by atoms with Gasteiger partial charge in [-0.3, -0.25) is 4.79 Å². The number of carbonyl (C=O) groups excluding carboxylic acids is 2. The Kier molecular flexibility index (Phi) is 7.37. The molecule has 1 N–H and O–H groups in total. The Morgan fingerprint density at radius 2 is 1.81 bits per heavy atom. The minimum atomic E-state index is -3.86. The van der Waals surface area contributed by atoms with E-state index < -0.39 is 27.9 Å². The predicted molar refractivity (Wildman–Crippen MR) is 113 cm³/mol. The summed E-state index contributed by atoms with van der Waals surface area (Å²) in [4.78, 5) is 24.1. The lowest BCUT2D eigenvalue weighted by atomic mass is 10.2. The maximum Gasteiger partial charge on any atom is 0.338 e. The van der Waals surface area contributed by atoms with Crippen molar-refractivity contribution in [1.29, 1.82) is 0 Å². The highest BCUT2D eigenvalue weighted by molar-refractivity contribution is 7.86. The van der Waals surface area contributed by atoms with E-state index >= 15 is 0 Å². The number of esters is 1. The number of benzene rings is 2. The molecule has 2 aromatic rings. The normalized spacial score (nSPS) is 16.6. The molecule has 8 nitrogen and oxygen atoms in total. The monoisotopic (exact) mass is 449 g/mol. The van der Waals surface area contributed by atoms with Gasteiger partial charge in [0.05, 0.1) is 18.7 Å². The third kappa shape index (κ3) is 5.87. The van der Waals surface area contributed by atoms with E-state index in [1.54, 1.807) is 25.1 Å². The Bertz CT molecular complexity index is 1040. The van der Waals surface area contributed by atoms with Gasteiger partial charge in [0.2, 0.25) is 5.91 Å². The number of hydrogen-bond acceptors (Lipinski definition) is 5. The summed E-state index contributed by atoms with van der Waals surface area (Å²) in [5.74, 6) is -1.39. The Hall–Kier alpha value is -2.82. The molecule has 1 amide bonds. The van der Waals surface area contributed by atoms with E-state index in [2.05, 4.69) is 5.32 Å². The Morgan fingerprint density at radius 1 is 1.10 bits per heavy atom. The predicted octanol–water partition coefficient (Wildman–Crippen LogP) is 2.39. The van der Waals surface area contributed by atoms with Crippen LogP contribution in [0.2, 0.25) is 0 Å². The zero-order chi connectivity index (χ0) is 22.4. The van der Waals surface area contributed by atoms with Crippen LogP contribution in [0, 0.1) is 5.82 Å². The first kappa shape index (κ1) is 22.9. The van der Waals surface area contributed by atoms with Crippen LogP contribution >= 0.6 is 0 Å². The van der Waals surface area contributed by atoms with Gasteiger partial charge in [0.25, 0.3) is 10.2 Å². The molecule has 0 atom stereocenters. The van der Waals surface area contributed by atoms with Gasteiger partial charge in [-0.15, -0.1) is 0 Å². The van der Waals surface area contributed by atoms with Crippen molar-refractivity contribution in [2.24, 2.45) is 0 Å². The average molecular weight is 450 g/mol. The van der Waals surface area contributed by atoms with Crippen LogP contribution in [-0.2, 0) is 26.3 Å². The molecule has 0 unspecified atom stereocenters. The largest absolute Gasteiger partial charge is 0.462 e. The topological polar surface area (TPSA) is 96.0 Å². The summed E-state index contributed by atoms with van der Waals surface area (Å²) in [6.07, 6.45) is 0.552. The van der Waals surface area contributed by atoms with E-state index in [9.17, 15) is 22.4 Å². The molecular formula is C21H24FN3O5S. The van der Waals surface area contributed by atoms with Crippen molar-refractivity contribution in [3.8, 4) is 0 Å². The Morgan fingerprint density at radius 3 is 2.48 bits per heavy atom. The van der Waals surface area contributed by atoms with Crippen molar-refractivity contribution in [3.05, 3.63) is 65.5 Å². The quantitative estimate of drug-likeness (QED) is 0.655. The lowest BCUT2D eigenvalue weighted by Gasteiger charge is -2.34. The zero-order valence-corrected chi connectivity index (χ0v) is 17.9. The van der Waals surface area contributed by atoms with E-state index in [1.807, 2.05) is 0 Å². The zero-order valence-electron chi connectivity index (χ0n) is 17.1. The highest BCUT2D eigenvalue weighted by Crippen LogP contribution is 2.20. The van der Waals surface area contributed by atoms with E-state index in [1.165, 1.54) is 34.6 Å². The van der Waals surface area contributed by atoms with Gasteiger partial charge < -0.3 is 10.1 Å². The van der Waals surface area contributed by atoms with Crippen molar-refractivity contribution < 1.29 is 27.1 Å². The highest BCUT2D eigenvalue weighted by atomic mass is 32.2. The number of carbonyl (C=O) groups is 2. The molecule has 1 aliphatic heterocycles. The maximum atomic E-state index is 13.4. The van der Waals surface area contributed by atoms with Crippen LogP contribution < -0.4 is 5.32 Å². The van der Waals surface area contributed by atoms with Crippen molar-refractivity contribution in [2.45, 2.75) is 19.9 Å². The summed E-state index contributed by atoms with van der Waals surface area (Å²) in [7, 11) is -3.86. The Labute approximate surface area is 180 Å². The summed E-state index contributed by atoms with van der Waals surface area (Å²) in [6.45, 7) is 2.18. The number of ether oxygens (including phenoxy) is 1. The molecule has 1 saturated heterocycles. The molecule has 1 aliphatic rings. The minimum absolute atomic E-state index is 0.0353. The number of anilines is 1. The number of hydrogen-bond donors (Lipinski definition) is 1. The van der Waals surface area contributed by atoms with Crippen LogP contribution in [0.25, 0.3) is 0 Å². The first-order valence-corrected chi connectivity index (χ1v) is 11.3. The summed E-state index contributed by atoms with van der Waals surface area (Å²) < 4.78 is 46.5. The van der Waals surface area contributed by atoms with Crippen molar-refractivity contribution in [2.75, 3.05) is 31.6 Å². The van der Waals surface area contributed by atoms with Crippen LogP contribution in [0.1, 0.15) is 29.3 Å². The van der Waals surface area contributed by atoms with E-state index in [0.29, 0.717) is 29.8 Å². The number of rotatable bonds is 7. The van der Waals surface area contributed by atoms with Crippen LogP contribution in [-0.4, -0.2) is 55.1 Å². The van der Waals surface area contributed by atoms with Gasteiger partial charge >= 0.3 is 5.97 Å². The van der Waals surface area contributed by atoms with E-state index in [4.69, 9.17) is 4.74 Å². The molecule has 2 aromatic carbocycles. The third-order valence-electron chi connectivity index (χ3n) is 4.72. The number of nitrogens with zero attached hydrogens (tertiary/aromatic N) is 2. The van der Waals surface area contributed by atoms with Crippen LogP contribution in [0.15, 0.2) is 48.5 Å². The fourth-order valence-corrected chi connectivity index (χ4v) is 4.88. The van der Waals surface area contributed by atoms with Gasteiger partial charge in [0, 0.05) is 25.3 Å². The molecule has 1 fully saturated rings. The summed E-state index contributed by atoms with van der Waals surface area (Å²) in [5.41, 5.74) is 1.33. The second kappa shape index (κ2) is 9.99. The molecule has 0 aromatic heterocycles. The lowest BCUT2D eigenvalue weighted by molar-refractivity contribution is -0.116. The molecule has 10 heteroatoms. The molecule has 0 aliphatic carbocycles. The van der Waals surface area contributed by atoms with Gasteiger partial charge in [-0.1, -0.05) is 12.1 Å². The molecule has 1 heterocycles. The first-order valence-electron chi connectivity index (χ1n) is 9.86. The second-order valence-corrected chi connectivity index (χ2v) is 8.93. The minimum Gasteiger partial charge on any atom is -0.462 e. The van der Waals surface area contributed by atoms with E-state index in [0.717, 1.165) is 4.31 Å². The smallest absolute Gasteiger partial charge is 0.338 e. The third-order valence-corrected chi connectivity index (χ3v) is 6.64. The number of halogens is 1. The molecule has 0 spiro atoms. The van der Waals surface area contributed by atoms with Crippen LogP contribution in [0.3, 0.4) is 0 Å². The van der Waals surface area contributed by atoms with Crippen molar-refractivity contribution in [1.82, 2.24) is 8.61 Å². The van der Waals surface area contributed by atoms with Gasteiger partial charge in [0.15, 0.2) is 0 Å². The molecule has 166 valence electrons. The SMILES string of the molecule is CCOC(=O)c1ccc(NC(=O)CN2CCCN(Cc3cccc(F)c3)S2(=O)=O)cc1. The van der Waals surface area contributed by atoms with Gasteiger partial charge in [-0.2, -0.15) is 17.0 Å². The second-order valence-electron chi connectivity index (χ2n) is 7.00. The molecule has 0 radical (unpaired) electrons. The van der Waals surface area contributed by atoms with Gasteiger partial charge in [0.1, 0.15) is 5.82 Å².